The van der Waals surface area contributed by atoms with Gasteiger partial charge in [0.15, 0.2) is 0 Å². The number of carbonyl (C=O) groups is 1. The van der Waals surface area contributed by atoms with Crippen LogP contribution in [0.25, 0.3) is 10.8 Å². The van der Waals surface area contributed by atoms with Gasteiger partial charge < -0.3 is 9.84 Å². The highest BCUT2D eigenvalue weighted by molar-refractivity contribution is 5.84. The van der Waals surface area contributed by atoms with Crippen LogP contribution in [0.4, 0.5) is 0 Å². The van der Waals surface area contributed by atoms with Crippen LogP contribution >= 0.6 is 0 Å². The maximum Gasteiger partial charge on any atom is 0.348 e. The van der Waals surface area contributed by atoms with Gasteiger partial charge in [-0.15, -0.1) is 0 Å². The van der Waals surface area contributed by atoms with E-state index in [1.54, 1.807) is 6.20 Å². The second kappa shape index (κ2) is 7.37. The summed E-state index contributed by atoms with van der Waals surface area (Å²) in [5.74, 6) is -0.284. The third-order valence-electron chi connectivity index (χ3n) is 5.22. The minimum absolute atomic E-state index is 0.454. The van der Waals surface area contributed by atoms with E-state index in [9.17, 15) is 9.90 Å². The van der Waals surface area contributed by atoms with E-state index in [0.29, 0.717) is 31.7 Å². The highest BCUT2D eigenvalue weighted by atomic mass is 16.5. The number of aromatic nitrogens is 1. The molecule has 138 valence electrons. The average Bonchev–Trinajstić information content (AvgIpc) is 2.70. The van der Waals surface area contributed by atoms with E-state index in [2.05, 4.69) is 9.88 Å². The summed E-state index contributed by atoms with van der Waals surface area (Å²) in [6.07, 6.45) is 4.52. The zero-order valence-corrected chi connectivity index (χ0v) is 15.0. The molecule has 1 aliphatic rings. The monoisotopic (exact) mass is 362 g/mol. The number of aliphatic carboxylic acids is 1. The number of carboxylic acids is 1. The summed E-state index contributed by atoms with van der Waals surface area (Å²) in [5, 5.41) is 12.0. The van der Waals surface area contributed by atoms with Crippen molar-refractivity contribution in [2.75, 3.05) is 13.1 Å². The molecule has 0 radical (unpaired) electrons. The number of pyridine rings is 1. The molecule has 27 heavy (non-hydrogen) atoms. The van der Waals surface area contributed by atoms with Gasteiger partial charge in [0.2, 0.25) is 5.60 Å². The van der Waals surface area contributed by atoms with E-state index in [4.69, 9.17) is 4.74 Å². The number of hydrogen-bond acceptors (Lipinski definition) is 4. The molecule has 0 saturated carbocycles. The molecule has 1 fully saturated rings. The first-order chi connectivity index (χ1) is 13.1. The van der Waals surface area contributed by atoms with Gasteiger partial charge in [-0.05, 0) is 34.5 Å². The lowest BCUT2D eigenvalue weighted by atomic mass is 9.90. The Bertz CT molecular complexity index is 934. The van der Waals surface area contributed by atoms with Gasteiger partial charge in [-0.3, -0.25) is 9.88 Å². The van der Waals surface area contributed by atoms with Gasteiger partial charge in [-0.25, -0.2) is 4.79 Å². The van der Waals surface area contributed by atoms with Crippen molar-refractivity contribution in [1.82, 2.24) is 9.88 Å². The van der Waals surface area contributed by atoms with Crippen molar-refractivity contribution in [3.05, 3.63) is 72.6 Å². The fourth-order valence-electron chi connectivity index (χ4n) is 3.64. The Balaban J connectivity index is 1.48. The SMILES string of the molecule is O=C(O)C1(Oc2ccc3ccccc3c2)CCN(Cc2cccnc2)CC1. The minimum Gasteiger partial charge on any atom is -0.478 e. The standard InChI is InChI=1S/C22H22N2O3/c25-21(26)22(27-20-8-7-18-5-1-2-6-19(18)14-20)9-12-24(13-10-22)16-17-4-3-11-23-15-17/h1-8,11,14-15H,9-10,12-13,16H2,(H,25,26). The Hall–Kier alpha value is -2.92. The second-order valence-electron chi connectivity index (χ2n) is 7.05. The number of likely N-dealkylation sites (tertiary alicyclic amines) is 1. The molecule has 0 amide bonds. The van der Waals surface area contributed by atoms with Crippen molar-refractivity contribution in [3.8, 4) is 5.75 Å². The molecule has 0 unspecified atom stereocenters. The first-order valence-electron chi connectivity index (χ1n) is 9.17. The molecule has 0 bridgehead atoms. The molecular formula is C22H22N2O3. The predicted octanol–water partition coefficient (Wildman–Crippen LogP) is 3.73. The third kappa shape index (κ3) is 3.78. The zero-order valence-electron chi connectivity index (χ0n) is 15.0. The van der Waals surface area contributed by atoms with Gasteiger partial charge in [0.1, 0.15) is 5.75 Å². The molecule has 2 heterocycles. The van der Waals surface area contributed by atoms with E-state index in [-0.39, 0.29) is 0 Å². The van der Waals surface area contributed by atoms with Gasteiger partial charge >= 0.3 is 5.97 Å². The number of hydrogen-bond donors (Lipinski definition) is 1. The number of rotatable bonds is 5. The van der Waals surface area contributed by atoms with Crippen LogP contribution in [0, 0.1) is 0 Å². The van der Waals surface area contributed by atoms with E-state index in [1.165, 1.54) is 0 Å². The fourth-order valence-corrected chi connectivity index (χ4v) is 3.64. The van der Waals surface area contributed by atoms with Gasteiger partial charge in [-0.2, -0.15) is 0 Å². The lowest BCUT2D eigenvalue weighted by Gasteiger charge is -2.38. The van der Waals surface area contributed by atoms with Crippen LogP contribution in [0.15, 0.2) is 67.0 Å². The summed E-state index contributed by atoms with van der Waals surface area (Å²) >= 11 is 0. The van der Waals surface area contributed by atoms with Crippen LogP contribution < -0.4 is 4.74 Å². The first kappa shape index (κ1) is 17.5. The number of fused-ring (bicyclic) bond motifs is 1. The van der Waals surface area contributed by atoms with E-state index in [1.807, 2.05) is 60.8 Å². The van der Waals surface area contributed by atoms with Gasteiger partial charge in [0.25, 0.3) is 0 Å². The molecule has 1 saturated heterocycles. The van der Waals surface area contributed by atoms with Crippen LogP contribution in [0.5, 0.6) is 5.75 Å². The van der Waals surface area contributed by atoms with Crippen LogP contribution in [-0.4, -0.2) is 39.7 Å². The minimum atomic E-state index is -1.17. The number of ether oxygens (including phenoxy) is 1. The Kier molecular flexibility index (Phi) is 4.77. The zero-order chi connectivity index (χ0) is 18.7. The predicted molar refractivity (Wildman–Crippen MR) is 104 cm³/mol. The maximum atomic E-state index is 12.1. The summed E-state index contributed by atoms with van der Waals surface area (Å²) in [5.41, 5.74) is -0.0377. The molecule has 1 aromatic heterocycles. The second-order valence-corrected chi connectivity index (χ2v) is 7.05. The molecule has 0 atom stereocenters. The van der Waals surface area contributed by atoms with Crippen LogP contribution in [-0.2, 0) is 11.3 Å². The molecule has 0 spiro atoms. The largest absolute Gasteiger partial charge is 0.478 e. The quantitative estimate of drug-likeness (QED) is 0.749. The van der Waals surface area contributed by atoms with E-state index in [0.717, 1.165) is 22.9 Å². The smallest absolute Gasteiger partial charge is 0.348 e. The molecule has 3 aromatic rings. The van der Waals surface area contributed by atoms with Crippen LogP contribution in [0.1, 0.15) is 18.4 Å². The number of carboxylic acid groups (broad SMARTS) is 1. The molecular weight excluding hydrogens is 340 g/mol. The molecule has 1 N–H and O–H groups in total. The van der Waals surface area contributed by atoms with Crippen molar-refractivity contribution in [1.29, 1.82) is 0 Å². The van der Waals surface area contributed by atoms with Crippen molar-refractivity contribution in [3.63, 3.8) is 0 Å². The Morgan fingerprint density at radius 1 is 1.07 bits per heavy atom. The normalized spacial score (nSPS) is 16.9. The first-order valence-corrected chi connectivity index (χ1v) is 9.17. The molecule has 2 aromatic carbocycles. The van der Waals surface area contributed by atoms with Crippen LogP contribution in [0.2, 0.25) is 0 Å². The Labute approximate surface area is 158 Å². The van der Waals surface area contributed by atoms with Gasteiger partial charge in [-0.1, -0.05) is 36.4 Å². The Morgan fingerprint density at radius 2 is 1.85 bits per heavy atom. The highest BCUT2D eigenvalue weighted by Gasteiger charge is 2.44. The summed E-state index contributed by atoms with van der Waals surface area (Å²) < 4.78 is 6.07. The van der Waals surface area contributed by atoms with Crippen LogP contribution in [0.3, 0.4) is 0 Å². The van der Waals surface area contributed by atoms with Crippen molar-refractivity contribution in [2.24, 2.45) is 0 Å². The average molecular weight is 362 g/mol. The maximum absolute atomic E-state index is 12.1. The third-order valence-corrected chi connectivity index (χ3v) is 5.22. The van der Waals surface area contributed by atoms with Crippen molar-refractivity contribution in [2.45, 2.75) is 25.0 Å². The topological polar surface area (TPSA) is 62.7 Å². The Morgan fingerprint density at radius 3 is 2.56 bits per heavy atom. The van der Waals surface area contributed by atoms with Gasteiger partial charge in [0.05, 0.1) is 0 Å². The lowest BCUT2D eigenvalue weighted by Crippen LogP contribution is -2.53. The molecule has 1 aliphatic heterocycles. The molecule has 0 aliphatic carbocycles. The highest BCUT2D eigenvalue weighted by Crippen LogP contribution is 2.31. The number of piperidine rings is 1. The summed E-state index contributed by atoms with van der Waals surface area (Å²) in [4.78, 5) is 18.4. The lowest BCUT2D eigenvalue weighted by molar-refractivity contribution is -0.159. The van der Waals surface area contributed by atoms with Gasteiger partial charge in [0, 0.05) is 44.9 Å². The van der Waals surface area contributed by atoms with Crippen molar-refractivity contribution >= 4 is 16.7 Å². The molecule has 5 heteroatoms. The summed E-state index contributed by atoms with van der Waals surface area (Å²) in [7, 11) is 0. The molecule has 5 nitrogen and oxygen atoms in total. The summed E-state index contributed by atoms with van der Waals surface area (Å²) in [6, 6.07) is 17.7. The fraction of sp³-hybridized carbons (Fsp3) is 0.273. The summed E-state index contributed by atoms with van der Waals surface area (Å²) in [6.45, 7) is 2.13. The number of benzene rings is 2. The van der Waals surface area contributed by atoms with Crippen molar-refractivity contribution < 1.29 is 14.6 Å². The van der Waals surface area contributed by atoms with E-state index < -0.39 is 11.6 Å². The van der Waals surface area contributed by atoms with E-state index >= 15 is 0 Å². The number of nitrogens with zero attached hydrogens (tertiary/aromatic N) is 2. The molecule has 4 rings (SSSR count).